The molecule has 1 aromatic carbocycles. The highest BCUT2D eigenvalue weighted by Crippen LogP contribution is 2.42. The summed E-state index contributed by atoms with van der Waals surface area (Å²) < 4.78 is 10.7. The number of ether oxygens (including phenoxy) is 2. The molecule has 0 amide bonds. The Labute approximate surface area is 185 Å². The quantitative estimate of drug-likeness (QED) is 0.488. The molecule has 30 heavy (non-hydrogen) atoms. The van der Waals surface area contributed by atoms with Crippen molar-refractivity contribution >= 4 is 23.5 Å². The standard InChI is InChI=1S/C25H33ClO4/c1-7-8-21(20-14-11-18(15-16(20)2)23(27)29-6)22(24(28)30-25(3,4)5)17-9-12-19(26)13-10-17/h9-16,20-22H,7-8H2,1-6H3. The zero-order chi connectivity index (χ0) is 22.5. The maximum Gasteiger partial charge on any atom is 0.337 e. The van der Waals surface area contributed by atoms with Crippen molar-refractivity contribution < 1.29 is 19.1 Å². The van der Waals surface area contributed by atoms with Crippen molar-refractivity contribution in [2.24, 2.45) is 17.8 Å². The van der Waals surface area contributed by atoms with E-state index in [1.54, 1.807) is 0 Å². The first-order valence-corrected chi connectivity index (χ1v) is 10.9. The minimum absolute atomic E-state index is 0.0210. The number of benzene rings is 1. The van der Waals surface area contributed by atoms with Crippen molar-refractivity contribution in [2.75, 3.05) is 7.11 Å². The highest BCUT2D eigenvalue weighted by atomic mass is 35.5. The van der Waals surface area contributed by atoms with Crippen molar-refractivity contribution in [3.8, 4) is 0 Å². The third-order valence-corrected chi connectivity index (χ3v) is 5.66. The molecule has 2 rings (SSSR count). The minimum Gasteiger partial charge on any atom is -0.465 e. The Morgan fingerprint density at radius 2 is 1.80 bits per heavy atom. The van der Waals surface area contributed by atoms with Crippen LogP contribution in [0.15, 0.2) is 48.1 Å². The molecule has 0 spiro atoms. The van der Waals surface area contributed by atoms with E-state index in [1.807, 2.05) is 63.3 Å². The fourth-order valence-corrected chi connectivity index (χ4v) is 4.26. The van der Waals surface area contributed by atoms with Crippen molar-refractivity contribution in [3.05, 3.63) is 58.7 Å². The second kappa shape index (κ2) is 10.3. The molecule has 1 aliphatic carbocycles. The van der Waals surface area contributed by atoms with Gasteiger partial charge >= 0.3 is 11.9 Å². The van der Waals surface area contributed by atoms with Gasteiger partial charge in [-0.3, -0.25) is 4.79 Å². The summed E-state index contributed by atoms with van der Waals surface area (Å²) in [5.74, 6) is -0.805. The molecule has 4 atom stereocenters. The smallest absolute Gasteiger partial charge is 0.337 e. The van der Waals surface area contributed by atoms with Crippen molar-refractivity contribution in [2.45, 2.75) is 59.0 Å². The van der Waals surface area contributed by atoms with Crippen LogP contribution in [0.1, 0.15) is 58.9 Å². The number of halogens is 1. The van der Waals surface area contributed by atoms with E-state index in [9.17, 15) is 9.59 Å². The van der Waals surface area contributed by atoms with Crippen molar-refractivity contribution in [1.29, 1.82) is 0 Å². The fraction of sp³-hybridized carbons (Fsp3) is 0.520. The Balaban J connectivity index is 2.45. The van der Waals surface area contributed by atoms with Crippen LogP contribution in [0.3, 0.4) is 0 Å². The lowest BCUT2D eigenvalue weighted by Crippen LogP contribution is -2.35. The summed E-state index contributed by atoms with van der Waals surface area (Å²) in [6.45, 7) is 9.84. The van der Waals surface area contributed by atoms with Crippen LogP contribution in [0.2, 0.25) is 5.02 Å². The van der Waals surface area contributed by atoms with Gasteiger partial charge in [-0.1, -0.05) is 62.2 Å². The van der Waals surface area contributed by atoms with E-state index in [-0.39, 0.29) is 29.7 Å². The molecule has 0 aromatic heterocycles. The van der Waals surface area contributed by atoms with Gasteiger partial charge in [0.05, 0.1) is 18.6 Å². The van der Waals surface area contributed by atoms with E-state index < -0.39 is 11.5 Å². The molecule has 1 aliphatic rings. The Hall–Kier alpha value is -2.07. The third kappa shape index (κ3) is 6.21. The molecule has 0 aliphatic heterocycles. The molecule has 1 aromatic rings. The SMILES string of the molecule is CCCC(C(C(=O)OC(C)(C)C)c1ccc(Cl)cc1)C1C=CC(C(=O)OC)=CC1C. The first kappa shape index (κ1) is 24.2. The van der Waals surface area contributed by atoms with Gasteiger partial charge in [0.2, 0.25) is 0 Å². The maximum absolute atomic E-state index is 13.4. The third-order valence-electron chi connectivity index (χ3n) is 5.40. The number of hydrogen-bond donors (Lipinski definition) is 0. The van der Waals surface area contributed by atoms with E-state index in [1.165, 1.54) is 7.11 Å². The van der Waals surface area contributed by atoms with Crippen molar-refractivity contribution in [3.63, 3.8) is 0 Å². The summed E-state index contributed by atoms with van der Waals surface area (Å²) in [6.07, 6.45) is 7.58. The number of rotatable bonds is 7. The van der Waals surface area contributed by atoms with Crippen LogP contribution < -0.4 is 0 Å². The normalized spacial score (nSPS) is 20.8. The molecule has 0 saturated heterocycles. The molecule has 0 radical (unpaired) electrons. The van der Waals surface area contributed by atoms with Gasteiger partial charge in [-0.25, -0.2) is 4.79 Å². The molecular formula is C25H33ClO4. The van der Waals surface area contributed by atoms with Gasteiger partial charge in [-0.15, -0.1) is 0 Å². The average molecular weight is 433 g/mol. The van der Waals surface area contributed by atoms with Crippen LogP contribution in [0.25, 0.3) is 0 Å². The highest BCUT2D eigenvalue weighted by Gasteiger charge is 2.39. The van der Waals surface area contributed by atoms with E-state index in [4.69, 9.17) is 21.1 Å². The molecule has 0 saturated carbocycles. The molecule has 4 nitrogen and oxygen atoms in total. The molecule has 0 N–H and O–H groups in total. The first-order valence-electron chi connectivity index (χ1n) is 10.5. The first-order chi connectivity index (χ1) is 14.1. The number of carbonyl (C=O) groups is 2. The fourth-order valence-electron chi connectivity index (χ4n) is 4.13. The molecule has 5 heteroatoms. The monoisotopic (exact) mass is 432 g/mol. The summed E-state index contributed by atoms with van der Waals surface area (Å²) in [5.41, 5.74) is 0.872. The van der Waals surface area contributed by atoms with Crippen LogP contribution in [-0.4, -0.2) is 24.6 Å². The van der Waals surface area contributed by atoms with Gasteiger partial charge in [0.25, 0.3) is 0 Å². The zero-order valence-corrected chi connectivity index (χ0v) is 19.5. The number of hydrogen-bond acceptors (Lipinski definition) is 4. The number of allylic oxidation sites excluding steroid dienone is 2. The number of carbonyl (C=O) groups excluding carboxylic acids is 2. The Bertz CT molecular complexity index is 801. The predicted molar refractivity (Wildman–Crippen MR) is 120 cm³/mol. The lowest BCUT2D eigenvalue weighted by atomic mass is 9.69. The minimum atomic E-state index is -0.579. The van der Waals surface area contributed by atoms with Gasteiger partial charge < -0.3 is 9.47 Å². The number of methoxy groups -OCH3 is 1. The molecule has 0 fully saturated rings. The van der Waals surface area contributed by atoms with Gasteiger partial charge in [-0.2, -0.15) is 0 Å². The topological polar surface area (TPSA) is 52.6 Å². The summed E-state index contributed by atoms with van der Waals surface area (Å²) in [5, 5.41) is 0.630. The second-order valence-corrected chi connectivity index (χ2v) is 9.36. The lowest BCUT2D eigenvalue weighted by Gasteiger charge is -2.36. The van der Waals surface area contributed by atoms with Gasteiger partial charge in [0, 0.05) is 5.02 Å². The molecule has 4 unspecified atom stereocenters. The predicted octanol–water partition coefficient (Wildman–Crippen LogP) is 6.10. The van der Waals surface area contributed by atoms with Crippen LogP contribution in [-0.2, 0) is 19.1 Å². The summed E-state index contributed by atoms with van der Waals surface area (Å²) in [6, 6.07) is 7.44. The second-order valence-electron chi connectivity index (χ2n) is 8.92. The average Bonchev–Trinajstić information content (AvgIpc) is 2.67. The van der Waals surface area contributed by atoms with Crippen molar-refractivity contribution in [1.82, 2.24) is 0 Å². The number of esters is 2. The van der Waals surface area contributed by atoms with Crippen LogP contribution >= 0.6 is 11.6 Å². The van der Waals surface area contributed by atoms with Gasteiger partial charge in [0.15, 0.2) is 0 Å². The zero-order valence-electron chi connectivity index (χ0n) is 18.8. The maximum atomic E-state index is 13.4. The van der Waals surface area contributed by atoms with E-state index in [2.05, 4.69) is 13.8 Å². The summed E-state index contributed by atoms with van der Waals surface area (Å²) in [4.78, 5) is 25.3. The molecule has 164 valence electrons. The van der Waals surface area contributed by atoms with E-state index in [0.29, 0.717) is 10.6 Å². The molecular weight excluding hydrogens is 400 g/mol. The van der Waals surface area contributed by atoms with Crippen LogP contribution in [0.5, 0.6) is 0 Å². The molecule has 0 heterocycles. The molecule has 0 bridgehead atoms. The van der Waals surface area contributed by atoms with Gasteiger partial charge in [0.1, 0.15) is 5.60 Å². The highest BCUT2D eigenvalue weighted by molar-refractivity contribution is 6.30. The van der Waals surface area contributed by atoms with E-state index >= 15 is 0 Å². The van der Waals surface area contributed by atoms with Crippen LogP contribution in [0.4, 0.5) is 0 Å². The van der Waals surface area contributed by atoms with Gasteiger partial charge in [-0.05, 0) is 62.6 Å². The largest absolute Gasteiger partial charge is 0.465 e. The Morgan fingerprint density at radius 1 is 1.17 bits per heavy atom. The Kier molecular flexibility index (Phi) is 8.31. The summed E-state index contributed by atoms with van der Waals surface area (Å²) >= 11 is 6.10. The Morgan fingerprint density at radius 3 is 2.30 bits per heavy atom. The summed E-state index contributed by atoms with van der Waals surface area (Å²) in [7, 11) is 1.38. The van der Waals surface area contributed by atoms with Crippen LogP contribution in [0, 0.1) is 17.8 Å². The van der Waals surface area contributed by atoms with E-state index in [0.717, 1.165) is 18.4 Å². The lowest BCUT2D eigenvalue weighted by molar-refractivity contribution is -0.159.